The normalized spacial score (nSPS) is 29.4. The fourth-order valence-electron chi connectivity index (χ4n) is 4.06. The van der Waals surface area contributed by atoms with Crippen LogP contribution in [-0.2, 0) is 4.79 Å². The molecule has 2 aliphatic heterocycles. The first-order chi connectivity index (χ1) is 9.81. The monoisotopic (exact) mass is 279 g/mol. The molecule has 1 unspecified atom stereocenters. The standard InChI is InChI=1S/C16H29N3O/c1-2-18-12-4-7-15(18)16(20)19(13-5-3-6-13)14-8-10-17-11-9-14/h13-15,17H,2-12H2,1H3. The number of likely N-dealkylation sites (N-methyl/N-ethyl adjacent to an activating group) is 1. The highest BCUT2D eigenvalue weighted by Crippen LogP contribution is 2.31. The largest absolute Gasteiger partial charge is 0.335 e. The van der Waals surface area contributed by atoms with Gasteiger partial charge in [-0.05, 0) is 71.1 Å². The minimum atomic E-state index is 0.176. The fourth-order valence-corrected chi connectivity index (χ4v) is 4.06. The molecule has 1 N–H and O–H groups in total. The van der Waals surface area contributed by atoms with Crippen molar-refractivity contribution in [1.82, 2.24) is 15.1 Å². The molecule has 3 fully saturated rings. The molecule has 1 atom stereocenters. The zero-order chi connectivity index (χ0) is 13.9. The van der Waals surface area contributed by atoms with Crippen molar-refractivity contribution in [3.05, 3.63) is 0 Å². The van der Waals surface area contributed by atoms with Gasteiger partial charge in [0.1, 0.15) is 0 Å². The van der Waals surface area contributed by atoms with Crippen LogP contribution >= 0.6 is 0 Å². The summed E-state index contributed by atoms with van der Waals surface area (Å²) in [6.45, 7) is 6.45. The van der Waals surface area contributed by atoms with E-state index < -0.39 is 0 Å². The van der Waals surface area contributed by atoms with Crippen molar-refractivity contribution in [3.8, 4) is 0 Å². The van der Waals surface area contributed by atoms with E-state index in [1.807, 2.05) is 0 Å². The van der Waals surface area contributed by atoms with Crippen LogP contribution < -0.4 is 5.32 Å². The Morgan fingerprint density at radius 2 is 1.80 bits per heavy atom. The molecule has 1 aliphatic carbocycles. The second-order valence-electron chi connectivity index (χ2n) is 6.60. The predicted molar refractivity (Wildman–Crippen MR) is 80.6 cm³/mol. The van der Waals surface area contributed by atoms with E-state index in [2.05, 4.69) is 22.0 Å². The summed E-state index contributed by atoms with van der Waals surface area (Å²) in [5.74, 6) is 0.445. The van der Waals surface area contributed by atoms with Crippen LogP contribution in [0.15, 0.2) is 0 Å². The lowest BCUT2D eigenvalue weighted by Gasteiger charge is -2.46. The maximum absolute atomic E-state index is 13.1. The second kappa shape index (κ2) is 6.44. The first-order valence-corrected chi connectivity index (χ1v) is 8.58. The third kappa shape index (κ3) is 2.73. The van der Waals surface area contributed by atoms with Crippen molar-refractivity contribution >= 4 is 5.91 Å². The Hall–Kier alpha value is -0.610. The minimum Gasteiger partial charge on any atom is -0.335 e. The lowest BCUT2D eigenvalue weighted by molar-refractivity contribution is -0.144. The van der Waals surface area contributed by atoms with Gasteiger partial charge in [-0.25, -0.2) is 0 Å². The Morgan fingerprint density at radius 3 is 2.40 bits per heavy atom. The molecule has 1 saturated carbocycles. The van der Waals surface area contributed by atoms with Crippen LogP contribution in [0.1, 0.15) is 51.9 Å². The molecule has 3 rings (SSSR count). The SMILES string of the molecule is CCN1CCCC1C(=O)N(C1CCC1)C1CCNCC1. The summed E-state index contributed by atoms with van der Waals surface area (Å²) in [6.07, 6.45) is 8.31. The van der Waals surface area contributed by atoms with Crippen LogP contribution in [0.5, 0.6) is 0 Å². The van der Waals surface area contributed by atoms with Gasteiger partial charge in [0.2, 0.25) is 5.91 Å². The lowest BCUT2D eigenvalue weighted by atomic mass is 9.88. The van der Waals surface area contributed by atoms with Gasteiger partial charge in [0, 0.05) is 12.1 Å². The van der Waals surface area contributed by atoms with E-state index in [9.17, 15) is 4.79 Å². The fraction of sp³-hybridized carbons (Fsp3) is 0.938. The highest BCUT2D eigenvalue weighted by Gasteiger charge is 2.40. The first kappa shape index (κ1) is 14.3. The number of carbonyl (C=O) groups excluding carboxylic acids is 1. The molecule has 0 aromatic heterocycles. The quantitative estimate of drug-likeness (QED) is 0.849. The summed E-state index contributed by atoms with van der Waals surface area (Å²) in [7, 11) is 0. The van der Waals surface area contributed by atoms with Crippen LogP contribution in [0, 0.1) is 0 Å². The van der Waals surface area contributed by atoms with Crippen LogP contribution in [0.2, 0.25) is 0 Å². The average Bonchev–Trinajstić information content (AvgIpc) is 2.91. The Kier molecular flexibility index (Phi) is 4.61. The number of hydrogen-bond acceptors (Lipinski definition) is 3. The summed E-state index contributed by atoms with van der Waals surface area (Å²) in [6, 6.07) is 1.22. The van der Waals surface area contributed by atoms with Gasteiger partial charge in [-0.3, -0.25) is 9.69 Å². The molecule has 2 saturated heterocycles. The number of nitrogens with one attached hydrogen (secondary N) is 1. The van der Waals surface area contributed by atoms with Crippen LogP contribution in [0.4, 0.5) is 0 Å². The highest BCUT2D eigenvalue weighted by molar-refractivity contribution is 5.83. The summed E-state index contributed by atoms with van der Waals surface area (Å²) in [5, 5.41) is 3.42. The number of piperidine rings is 1. The molecule has 0 aromatic rings. The van der Waals surface area contributed by atoms with E-state index >= 15 is 0 Å². The number of amides is 1. The number of nitrogens with zero attached hydrogens (tertiary/aromatic N) is 2. The molecule has 4 nitrogen and oxygen atoms in total. The maximum atomic E-state index is 13.1. The molecule has 114 valence electrons. The highest BCUT2D eigenvalue weighted by atomic mass is 16.2. The molecular formula is C16H29N3O. The van der Waals surface area contributed by atoms with Crippen molar-refractivity contribution in [2.75, 3.05) is 26.2 Å². The van der Waals surface area contributed by atoms with Crippen LogP contribution in [-0.4, -0.2) is 60.0 Å². The first-order valence-electron chi connectivity index (χ1n) is 8.58. The van der Waals surface area contributed by atoms with Crippen LogP contribution in [0.25, 0.3) is 0 Å². The Bertz CT molecular complexity index is 337. The van der Waals surface area contributed by atoms with Gasteiger partial charge in [-0.15, -0.1) is 0 Å². The molecule has 2 heterocycles. The van der Waals surface area contributed by atoms with E-state index in [0.717, 1.165) is 45.4 Å². The molecule has 3 aliphatic rings. The molecule has 0 spiro atoms. The smallest absolute Gasteiger partial charge is 0.240 e. The van der Waals surface area contributed by atoms with Gasteiger partial charge in [-0.1, -0.05) is 6.92 Å². The molecule has 20 heavy (non-hydrogen) atoms. The van der Waals surface area contributed by atoms with Crippen molar-refractivity contribution in [3.63, 3.8) is 0 Å². The van der Waals surface area contributed by atoms with Crippen molar-refractivity contribution in [2.45, 2.75) is 70.0 Å². The third-order valence-corrected chi connectivity index (χ3v) is 5.48. The van der Waals surface area contributed by atoms with Gasteiger partial charge in [0.15, 0.2) is 0 Å². The van der Waals surface area contributed by atoms with E-state index in [4.69, 9.17) is 0 Å². The Labute approximate surface area is 122 Å². The summed E-state index contributed by atoms with van der Waals surface area (Å²) in [5.41, 5.74) is 0. The minimum absolute atomic E-state index is 0.176. The van der Waals surface area contributed by atoms with Gasteiger partial charge in [-0.2, -0.15) is 0 Å². The zero-order valence-electron chi connectivity index (χ0n) is 12.8. The summed E-state index contributed by atoms with van der Waals surface area (Å²) in [4.78, 5) is 17.8. The van der Waals surface area contributed by atoms with Crippen molar-refractivity contribution < 1.29 is 4.79 Å². The number of likely N-dealkylation sites (tertiary alicyclic amines) is 1. The number of rotatable bonds is 4. The Balaban J connectivity index is 1.72. The summed E-state index contributed by atoms with van der Waals surface area (Å²) >= 11 is 0. The molecule has 4 heteroatoms. The van der Waals surface area contributed by atoms with Crippen molar-refractivity contribution in [2.24, 2.45) is 0 Å². The molecule has 0 bridgehead atoms. The van der Waals surface area contributed by atoms with Gasteiger partial charge in [0.25, 0.3) is 0 Å². The molecular weight excluding hydrogens is 250 g/mol. The second-order valence-corrected chi connectivity index (χ2v) is 6.60. The van der Waals surface area contributed by atoms with E-state index in [-0.39, 0.29) is 6.04 Å². The topological polar surface area (TPSA) is 35.6 Å². The number of hydrogen-bond donors (Lipinski definition) is 1. The molecule has 1 amide bonds. The lowest BCUT2D eigenvalue weighted by Crippen LogP contribution is -2.57. The van der Waals surface area contributed by atoms with E-state index in [0.29, 0.717) is 18.0 Å². The van der Waals surface area contributed by atoms with Gasteiger partial charge >= 0.3 is 0 Å². The zero-order valence-corrected chi connectivity index (χ0v) is 12.8. The third-order valence-electron chi connectivity index (χ3n) is 5.48. The number of carbonyl (C=O) groups is 1. The molecule has 0 aromatic carbocycles. The van der Waals surface area contributed by atoms with E-state index in [1.165, 1.54) is 25.7 Å². The summed E-state index contributed by atoms with van der Waals surface area (Å²) < 4.78 is 0. The average molecular weight is 279 g/mol. The maximum Gasteiger partial charge on any atom is 0.240 e. The molecule has 0 radical (unpaired) electrons. The van der Waals surface area contributed by atoms with Gasteiger partial charge in [0.05, 0.1) is 6.04 Å². The van der Waals surface area contributed by atoms with Crippen molar-refractivity contribution in [1.29, 1.82) is 0 Å². The van der Waals surface area contributed by atoms with Crippen LogP contribution in [0.3, 0.4) is 0 Å². The van der Waals surface area contributed by atoms with E-state index in [1.54, 1.807) is 0 Å². The van der Waals surface area contributed by atoms with Gasteiger partial charge < -0.3 is 10.2 Å². The predicted octanol–water partition coefficient (Wildman–Crippen LogP) is 1.60. The Morgan fingerprint density at radius 1 is 1.10 bits per heavy atom.